The Morgan fingerprint density at radius 1 is 1.22 bits per heavy atom. The van der Waals surface area contributed by atoms with Gasteiger partial charge in [0.25, 0.3) is 0 Å². The number of aromatic nitrogens is 2. The first-order valence-corrected chi connectivity index (χ1v) is 5.73. The molecule has 1 aromatic heterocycles. The molecule has 1 heterocycles. The maximum absolute atomic E-state index is 5.70. The molecule has 2 rings (SSSR count). The monoisotopic (exact) mass is 244 g/mol. The van der Waals surface area contributed by atoms with Crippen molar-refractivity contribution in [3.63, 3.8) is 0 Å². The summed E-state index contributed by atoms with van der Waals surface area (Å²) in [6.07, 6.45) is 4.02. The molecule has 0 aliphatic carbocycles. The molecule has 0 fully saturated rings. The first kappa shape index (κ1) is 12.2. The van der Waals surface area contributed by atoms with Crippen LogP contribution in [0.25, 0.3) is 0 Å². The standard InChI is InChI=1S/C13H16N4O/c1-18-11-5-3-2-4-10(11)6-7-16-13-12(14)15-8-9-17-13/h2-5,8-9H,6-7H2,1H3,(H2,14,15)(H,16,17). The second kappa shape index (κ2) is 5.86. The average molecular weight is 244 g/mol. The largest absolute Gasteiger partial charge is 0.496 e. The van der Waals surface area contributed by atoms with Gasteiger partial charge < -0.3 is 15.8 Å². The fourth-order valence-corrected chi connectivity index (χ4v) is 1.71. The highest BCUT2D eigenvalue weighted by atomic mass is 16.5. The van der Waals surface area contributed by atoms with Crippen LogP contribution in [0.3, 0.4) is 0 Å². The van der Waals surface area contributed by atoms with E-state index in [0.29, 0.717) is 11.6 Å². The average Bonchev–Trinajstić information content (AvgIpc) is 2.41. The van der Waals surface area contributed by atoms with Crippen molar-refractivity contribution in [1.82, 2.24) is 9.97 Å². The molecule has 0 spiro atoms. The van der Waals surface area contributed by atoms with Gasteiger partial charge in [-0.1, -0.05) is 18.2 Å². The van der Waals surface area contributed by atoms with Crippen molar-refractivity contribution >= 4 is 11.6 Å². The Bertz CT molecular complexity index is 516. The zero-order chi connectivity index (χ0) is 12.8. The molecular weight excluding hydrogens is 228 g/mol. The second-order valence-electron chi connectivity index (χ2n) is 3.78. The Labute approximate surface area is 106 Å². The predicted octanol–water partition coefficient (Wildman–Crippen LogP) is 1.72. The van der Waals surface area contributed by atoms with Crippen molar-refractivity contribution in [2.45, 2.75) is 6.42 Å². The van der Waals surface area contributed by atoms with Crippen LogP contribution in [-0.2, 0) is 6.42 Å². The Morgan fingerprint density at radius 3 is 2.78 bits per heavy atom. The van der Waals surface area contributed by atoms with Crippen molar-refractivity contribution in [3.05, 3.63) is 42.2 Å². The van der Waals surface area contributed by atoms with Gasteiger partial charge in [0.15, 0.2) is 11.6 Å². The van der Waals surface area contributed by atoms with Gasteiger partial charge in [0, 0.05) is 18.9 Å². The van der Waals surface area contributed by atoms with E-state index in [1.807, 2.05) is 24.3 Å². The summed E-state index contributed by atoms with van der Waals surface area (Å²) < 4.78 is 5.29. The lowest BCUT2D eigenvalue weighted by atomic mass is 10.1. The molecule has 0 atom stereocenters. The van der Waals surface area contributed by atoms with Gasteiger partial charge in [-0.15, -0.1) is 0 Å². The number of anilines is 2. The molecule has 94 valence electrons. The Morgan fingerprint density at radius 2 is 2.00 bits per heavy atom. The first-order valence-electron chi connectivity index (χ1n) is 5.73. The fraction of sp³-hybridized carbons (Fsp3) is 0.231. The van der Waals surface area contributed by atoms with Gasteiger partial charge in [-0.2, -0.15) is 0 Å². The predicted molar refractivity (Wildman–Crippen MR) is 71.6 cm³/mol. The van der Waals surface area contributed by atoms with Gasteiger partial charge in [0.1, 0.15) is 5.75 Å². The number of ether oxygens (including phenoxy) is 1. The zero-order valence-corrected chi connectivity index (χ0v) is 10.3. The highest BCUT2D eigenvalue weighted by Crippen LogP contribution is 2.18. The summed E-state index contributed by atoms with van der Waals surface area (Å²) in [5.41, 5.74) is 6.84. The molecule has 18 heavy (non-hydrogen) atoms. The molecule has 0 amide bonds. The SMILES string of the molecule is COc1ccccc1CCNc1nccnc1N. The molecule has 5 nitrogen and oxygen atoms in total. The summed E-state index contributed by atoms with van der Waals surface area (Å²) in [7, 11) is 1.67. The van der Waals surface area contributed by atoms with Crippen molar-refractivity contribution in [1.29, 1.82) is 0 Å². The molecule has 2 aromatic rings. The first-order chi connectivity index (χ1) is 8.81. The quantitative estimate of drug-likeness (QED) is 0.837. The number of nitrogens with one attached hydrogen (secondary N) is 1. The summed E-state index contributed by atoms with van der Waals surface area (Å²) >= 11 is 0. The smallest absolute Gasteiger partial charge is 0.168 e. The number of hydrogen-bond acceptors (Lipinski definition) is 5. The van der Waals surface area contributed by atoms with E-state index in [9.17, 15) is 0 Å². The van der Waals surface area contributed by atoms with E-state index in [4.69, 9.17) is 10.5 Å². The van der Waals surface area contributed by atoms with Gasteiger partial charge in [-0.3, -0.25) is 0 Å². The van der Waals surface area contributed by atoms with Crippen LogP contribution in [0.5, 0.6) is 5.75 Å². The van der Waals surface area contributed by atoms with Crippen LogP contribution in [-0.4, -0.2) is 23.6 Å². The van der Waals surface area contributed by atoms with Crippen LogP contribution in [0.1, 0.15) is 5.56 Å². The maximum Gasteiger partial charge on any atom is 0.168 e. The molecule has 0 aliphatic heterocycles. The lowest BCUT2D eigenvalue weighted by Crippen LogP contribution is -2.09. The third-order valence-electron chi connectivity index (χ3n) is 2.61. The Kier molecular flexibility index (Phi) is 3.96. The molecule has 0 bridgehead atoms. The van der Waals surface area contributed by atoms with Gasteiger partial charge in [0.05, 0.1) is 7.11 Å². The maximum atomic E-state index is 5.70. The van der Waals surface area contributed by atoms with Gasteiger partial charge in [-0.25, -0.2) is 9.97 Å². The van der Waals surface area contributed by atoms with E-state index in [1.165, 1.54) is 0 Å². The number of benzene rings is 1. The number of nitrogen functional groups attached to an aromatic ring is 1. The minimum atomic E-state index is 0.414. The summed E-state index contributed by atoms with van der Waals surface area (Å²) in [6, 6.07) is 7.94. The highest BCUT2D eigenvalue weighted by molar-refractivity contribution is 5.55. The molecule has 1 aromatic carbocycles. The van der Waals surface area contributed by atoms with Crippen LogP contribution >= 0.6 is 0 Å². The van der Waals surface area contributed by atoms with E-state index in [-0.39, 0.29) is 0 Å². The summed E-state index contributed by atoms with van der Waals surface area (Å²) in [5.74, 6) is 1.93. The van der Waals surface area contributed by atoms with Gasteiger partial charge in [0.2, 0.25) is 0 Å². The molecule has 0 saturated carbocycles. The van der Waals surface area contributed by atoms with Crippen molar-refractivity contribution in [3.8, 4) is 5.75 Å². The highest BCUT2D eigenvalue weighted by Gasteiger charge is 2.03. The fourth-order valence-electron chi connectivity index (χ4n) is 1.71. The number of hydrogen-bond donors (Lipinski definition) is 2. The van der Waals surface area contributed by atoms with Crippen LogP contribution in [0.15, 0.2) is 36.7 Å². The Balaban J connectivity index is 1.95. The molecule has 0 saturated heterocycles. The van der Waals surface area contributed by atoms with E-state index < -0.39 is 0 Å². The van der Waals surface area contributed by atoms with Crippen LogP contribution < -0.4 is 15.8 Å². The number of methoxy groups -OCH3 is 1. The van der Waals surface area contributed by atoms with E-state index in [0.717, 1.165) is 24.3 Å². The summed E-state index contributed by atoms with van der Waals surface area (Å²) in [4.78, 5) is 8.09. The third-order valence-corrected chi connectivity index (χ3v) is 2.61. The second-order valence-corrected chi connectivity index (χ2v) is 3.78. The zero-order valence-electron chi connectivity index (χ0n) is 10.3. The van der Waals surface area contributed by atoms with Crippen LogP contribution in [0.2, 0.25) is 0 Å². The number of nitrogens with two attached hydrogens (primary N) is 1. The molecular formula is C13H16N4O. The molecule has 0 aliphatic rings. The minimum Gasteiger partial charge on any atom is -0.496 e. The topological polar surface area (TPSA) is 73.1 Å². The molecule has 0 unspecified atom stereocenters. The van der Waals surface area contributed by atoms with Gasteiger partial charge >= 0.3 is 0 Å². The van der Waals surface area contributed by atoms with Crippen LogP contribution in [0.4, 0.5) is 11.6 Å². The molecule has 5 heteroatoms. The van der Waals surface area contributed by atoms with Crippen molar-refractivity contribution < 1.29 is 4.74 Å². The van der Waals surface area contributed by atoms with Crippen molar-refractivity contribution in [2.24, 2.45) is 0 Å². The lowest BCUT2D eigenvalue weighted by molar-refractivity contribution is 0.410. The van der Waals surface area contributed by atoms with Crippen LogP contribution in [0, 0.1) is 0 Å². The third kappa shape index (κ3) is 2.88. The minimum absolute atomic E-state index is 0.414. The normalized spacial score (nSPS) is 10.1. The van der Waals surface area contributed by atoms with E-state index in [1.54, 1.807) is 19.5 Å². The van der Waals surface area contributed by atoms with E-state index >= 15 is 0 Å². The summed E-state index contributed by atoms with van der Waals surface area (Å²) in [5, 5.41) is 3.16. The number of para-hydroxylation sites is 1. The summed E-state index contributed by atoms with van der Waals surface area (Å²) in [6.45, 7) is 0.725. The van der Waals surface area contributed by atoms with E-state index in [2.05, 4.69) is 15.3 Å². The number of nitrogens with zero attached hydrogens (tertiary/aromatic N) is 2. The molecule has 0 radical (unpaired) electrons. The van der Waals surface area contributed by atoms with Crippen molar-refractivity contribution in [2.75, 3.05) is 24.7 Å². The Hall–Kier alpha value is -2.30. The number of rotatable bonds is 5. The lowest BCUT2D eigenvalue weighted by Gasteiger charge is -2.09. The van der Waals surface area contributed by atoms with Gasteiger partial charge in [-0.05, 0) is 18.1 Å². The molecule has 3 N–H and O–H groups in total.